The number of nitrogens with zero attached hydrogens (tertiary/aromatic N) is 6. The van der Waals surface area contributed by atoms with Crippen LogP contribution >= 0.6 is 34.0 Å². The summed E-state index contributed by atoms with van der Waals surface area (Å²) >= 11 is 5.68. The zero-order valence-electron chi connectivity index (χ0n) is 79.4. The van der Waals surface area contributed by atoms with Crippen molar-refractivity contribution in [1.82, 2.24) is 27.4 Å². The lowest BCUT2D eigenvalue weighted by Crippen LogP contribution is -1.95. The van der Waals surface area contributed by atoms with Gasteiger partial charge in [0.05, 0.1) is 83.3 Å². The number of rotatable bonds is 9. The van der Waals surface area contributed by atoms with Gasteiger partial charge in [-0.3, -0.25) is 0 Å². The number of aromatic nitrogens is 6. The van der Waals surface area contributed by atoms with Gasteiger partial charge in [0.2, 0.25) is 0 Å². The van der Waals surface area contributed by atoms with Gasteiger partial charge in [0, 0.05) is 158 Å². The van der Waals surface area contributed by atoms with E-state index in [2.05, 4.69) is 537 Å². The van der Waals surface area contributed by atoms with Crippen LogP contribution < -0.4 is 0 Å². The van der Waals surface area contributed by atoms with Crippen molar-refractivity contribution in [2.45, 2.75) is 0 Å². The Morgan fingerprint density at radius 2 is 0.408 bits per heavy atom. The summed E-state index contributed by atoms with van der Waals surface area (Å²) in [6.45, 7) is 0. The first-order chi connectivity index (χ1) is 72.9. The monoisotopic (exact) mass is 1920 g/mol. The Morgan fingerprint density at radius 1 is 0.122 bits per heavy atom. The summed E-state index contributed by atoms with van der Waals surface area (Å²) in [4.78, 5) is 0. The number of hydrogen-bond acceptors (Lipinski definition) is 3. The Labute approximate surface area is 855 Å². The highest BCUT2D eigenvalue weighted by atomic mass is 32.1. The van der Waals surface area contributed by atoms with Gasteiger partial charge in [0.1, 0.15) is 0 Å². The zero-order valence-corrected chi connectivity index (χ0v) is 81.9. The minimum absolute atomic E-state index is 1.18. The van der Waals surface area contributed by atoms with Gasteiger partial charge in [-0.15, -0.1) is 34.0 Å². The van der Waals surface area contributed by atoms with Crippen molar-refractivity contribution in [3.05, 3.63) is 510 Å². The van der Waals surface area contributed by atoms with Crippen LogP contribution in [0.5, 0.6) is 0 Å². The molecule has 0 bridgehead atoms. The lowest BCUT2D eigenvalue weighted by atomic mass is 9.99. The van der Waals surface area contributed by atoms with Crippen LogP contribution in [-0.4, -0.2) is 27.4 Å². The van der Waals surface area contributed by atoms with E-state index in [1.54, 1.807) is 0 Å². The Kier molecular flexibility index (Phi) is 18.7. The molecule has 9 heterocycles. The molecule has 0 fully saturated rings. The highest BCUT2D eigenvalue weighted by Gasteiger charge is 2.27. The van der Waals surface area contributed by atoms with Crippen molar-refractivity contribution in [3.63, 3.8) is 0 Å². The zero-order chi connectivity index (χ0) is 96.2. The van der Waals surface area contributed by atoms with Gasteiger partial charge in [-0.1, -0.05) is 315 Å². The van der Waals surface area contributed by atoms with Crippen LogP contribution in [0.1, 0.15) is 0 Å². The van der Waals surface area contributed by atoms with Crippen LogP contribution in [0, 0.1) is 0 Å². The molecule has 9 heteroatoms. The standard InChI is InChI=1S/3C46H28N2S/c1-2-13-32(14-3-1)47-40-18-8-6-16-34(40)37-27-30(21-24-41(37)47)31-22-25-42-38(28-31)45-43(26-23-36-35-17-7-9-20-44(35)49-46(36)45)48(42)39-19-10-12-29-11-4-5-15-33(29)39;1-2-13-32(14-3-1)47-41-18-8-6-16-34(41)36-25-30(21-23-42(36)47)31-22-24-43-37(26-31)38-28-46-39(35-17-7-9-20-45(35)49-46)27-44(38)48(43)40-19-10-12-29-11-4-5-15-33(29)40;1-2-13-32(14-3-1)47-39-18-8-6-16-34(39)36-27-30(21-23-40(36)47)31-22-24-41-37(28-31)45-42(25-26-44-46(45)35-17-7-9-20-43(35)49-44)48(41)38-19-10-12-29-11-4-5-15-33(29)38/h3*1-28H. The second-order valence-electron chi connectivity index (χ2n) is 38.8. The maximum Gasteiger partial charge on any atom is 0.0556 e. The third-order valence-corrected chi connectivity index (χ3v) is 34.4. The number of thiophene rings is 3. The quantitative estimate of drug-likeness (QED) is 0.138. The van der Waals surface area contributed by atoms with Crippen molar-refractivity contribution in [3.8, 4) is 67.5 Å². The van der Waals surface area contributed by atoms with Crippen LogP contribution in [0.4, 0.5) is 0 Å². The predicted molar refractivity (Wildman–Crippen MR) is 633 cm³/mol. The molecular formula is C138H84N6S3. The van der Waals surface area contributed by atoms with Crippen molar-refractivity contribution in [1.29, 1.82) is 0 Å². The largest absolute Gasteiger partial charge is 0.309 e. The third-order valence-electron chi connectivity index (χ3n) is 30.9. The molecule has 0 radical (unpaired) electrons. The van der Waals surface area contributed by atoms with Crippen LogP contribution in [0.15, 0.2) is 510 Å². The Hall–Kier alpha value is -18.5. The SMILES string of the molecule is c1ccc(-n2c3ccccc3c3cc(-c4ccc5c(c4)c4c6c(ccc4n5-c4cccc5ccccc45)sc4ccccc46)ccc32)cc1.c1ccc(-n2c3ccccc3c3cc(-c4ccc5c(c4)c4c6sc7ccccc7c6ccc4n5-c4cccc5ccccc45)ccc32)cc1.c1ccc(-n2c3ccccc3c3cc(-c4ccc5c(c4)c4cc6sc7ccccc7c6cc4n5-c4cccc5ccccc45)ccc32)cc1. The molecule has 0 aliphatic rings. The second-order valence-corrected chi connectivity index (χ2v) is 42.0. The summed E-state index contributed by atoms with van der Waals surface area (Å²) in [6.07, 6.45) is 0. The van der Waals surface area contributed by atoms with E-state index in [1.807, 2.05) is 34.0 Å². The van der Waals surface area contributed by atoms with Gasteiger partial charge in [-0.25, -0.2) is 0 Å². The molecule has 0 amide bonds. The van der Waals surface area contributed by atoms with E-state index < -0.39 is 0 Å². The average Bonchev–Trinajstić information content (AvgIpc) is 1.55. The summed E-state index contributed by atoms with van der Waals surface area (Å²) in [6, 6.07) is 187. The molecular weight excluding hydrogens is 1840 g/mol. The normalized spacial score (nSPS) is 12.1. The molecule has 24 aromatic carbocycles. The number of fused-ring (bicyclic) bond motifs is 32. The van der Waals surface area contributed by atoms with E-state index in [1.165, 1.54) is 291 Å². The van der Waals surface area contributed by atoms with Crippen molar-refractivity contribution >= 4 is 258 Å². The molecule has 0 saturated heterocycles. The fraction of sp³-hybridized carbons (Fsp3) is 0. The molecule has 6 nitrogen and oxygen atoms in total. The molecule has 0 aliphatic heterocycles. The lowest BCUT2D eigenvalue weighted by molar-refractivity contribution is 1.18. The molecule has 0 N–H and O–H groups in total. The van der Waals surface area contributed by atoms with Crippen LogP contribution in [0.3, 0.4) is 0 Å². The van der Waals surface area contributed by atoms with E-state index in [4.69, 9.17) is 0 Å². The molecule has 0 saturated carbocycles. The van der Waals surface area contributed by atoms with Gasteiger partial charge < -0.3 is 27.4 Å². The van der Waals surface area contributed by atoms with Gasteiger partial charge in [0.15, 0.2) is 0 Å². The molecule has 33 aromatic rings. The molecule has 0 unspecified atom stereocenters. The van der Waals surface area contributed by atoms with E-state index in [0.717, 1.165) is 0 Å². The van der Waals surface area contributed by atoms with E-state index >= 15 is 0 Å². The van der Waals surface area contributed by atoms with E-state index in [-0.39, 0.29) is 0 Å². The summed E-state index contributed by atoms with van der Waals surface area (Å²) in [7, 11) is 0. The van der Waals surface area contributed by atoms with E-state index in [0.29, 0.717) is 0 Å². The summed E-state index contributed by atoms with van der Waals surface area (Å²) < 4.78 is 22.6. The van der Waals surface area contributed by atoms with E-state index in [9.17, 15) is 0 Å². The second kappa shape index (κ2) is 33.1. The van der Waals surface area contributed by atoms with Crippen LogP contribution in [0.2, 0.25) is 0 Å². The fourth-order valence-electron chi connectivity index (χ4n) is 24.4. The summed E-state index contributed by atoms with van der Waals surface area (Å²) in [5.74, 6) is 0. The lowest BCUT2D eigenvalue weighted by Gasteiger charge is -2.12. The molecule has 0 aliphatic carbocycles. The van der Waals surface area contributed by atoms with Crippen molar-refractivity contribution in [2.75, 3.05) is 0 Å². The first kappa shape index (κ1) is 83.2. The fourth-order valence-corrected chi connectivity index (χ4v) is 27.9. The predicted octanol–water partition coefficient (Wildman–Crippen LogP) is 39.2. The summed E-state index contributed by atoms with van der Waals surface area (Å²) in [5, 5.41) is 30.8. The molecule has 0 atom stereocenters. The molecule has 147 heavy (non-hydrogen) atoms. The van der Waals surface area contributed by atoms with Gasteiger partial charge in [-0.2, -0.15) is 0 Å². The molecule has 684 valence electrons. The minimum atomic E-state index is 1.18. The maximum absolute atomic E-state index is 2.49. The topological polar surface area (TPSA) is 29.6 Å². The van der Waals surface area contributed by atoms with Gasteiger partial charge in [0.25, 0.3) is 0 Å². The van der Waals surface area contributed by atoms with Crippen LogP contribution in [-0.2, 0) is 0 Å². The van der Waals surface area contributed by atoms with Crippen molar-refractivity contribution < 1.29 is 0 Å². The first-order valence-electron chi connectivity index (χ1n) is 50.3. The highest BCUT2D eigenvalue weighted by molar-refractivity contribution is 7.27. The van der Waals surface area contributed by atoms with Crippen molar-refractivity contribution in [2.24, 2.45) is 0 Å². The third kappa shape index (κ3) is 12.9. The first-order valence-corrected chi connectivity index (χ1v) is 52.8. The number of benzene rings is 24. The average molecular weight is 1920 g/mol. The Morgan fingerprint density at radius 3 is 0.850 bits per heavy atom. The van der Waals surface area contributed by atoms with Gasteiger partial charge >= 0.3 is 0 Å². The molecule has 33 rings (SSSR count). The Balaban J connectivity index is 0.0000000999. The molecule has 9 aromatic heterocycles. The minimum Gasteiger partial charge on any atom is -0.309 e. The molecule has 0 spiro atoms. The maximum atomic E-state index is 2.49. The number of hydrogen-bond donors (Lipinski definition) is 0. The summed E-state index contributed by atoms with van der Waals surface area (Å²) in [5.41, 5.74) is 29.2. The van der Waals surface area contributed by atoms with Crippen LogP contribution in [0.25, 0.3) is 291 Å². The smallest absolute Gasteiger partial charge is 0.0556 e. The number of para-hydroxylation sites is 6. The Bertz CT molecular complexity index is 11200. The highest BCUT2D eigenvalue weighted by Crippen LogP contribution is 2.52. The van der Waals surface area contributed by atoms with Gasteiger partial charge in [-0.05, 0) is 244 Å².